The van der Waals surface area contributed by atoms with E-state index in [1.54, 1.807) is 17.5 Å². The SMILES string of the molecule is CCc1cc2c(Nc3cccc4cccnc34)nc(Cl)nc2s1. The summed E-state index contributed by atoms with van der Waals surface area (Å²) in [5.41, 5.74) is 1.81. The van der Waals surface area contributed by atoms with Gasteiger partial charge in [-0.15, -0.1) is 11.3 Å². The van der Waals surface area contributed by atoms with Gasteiger partial charge in [0.2, 0.25) is 5.28 Å². The van der Waals surface area contributed by atoms with Crippen molar-refractivity contribution in [2.45, 2.75) is 13.3 Å². The van der Waals surface area contributed by atoms with E-state index in [-0.39, 0.29) is 5.28 Å². The molecule has 0 aliphatic rings. The normalized spacial score (nSPS) is 11.2. The first-order valence-corrected chi connectivity index (χ1v) is 8.51. The molecule has 6 heteroatoms. The van der Waals surface area contributed by atoms with E-state index in [0.29, 0.717) is 5.82 Å². The summed E-state index contributed by atoms with van der Waals surface area (Å²) in [4.78, 5) is 15.3. The summed E-state index contributed by atoms with van der Waals surface area (Å²) in [6, 6.07) is 12.1. The molecule has 0 fully saturated rings. The molecule has 0 atom stereocenters. The molecular weight excluding hydrogens is 328 g/mol. The van der Waals surface area contributed by atoms with Crippen LogP contribution in [0.3, 0.4) is 0 Å². The topological polar surface area (TPSA) is 50.7 Å². The number of hydrogen-bond donors (Lipinski definition) is 1. The molecule has 23 heavy (non-hydrogen) atoms. The summed E-state index contributed by atoms with van der Waals surface area (Å²) >= 11 is 7.74. The predicted octanol–water partition coefficient (Wildman–Crippen LogP) is 5.20. The highest BCUT2D eigenvalue weighted by molar-refractivity contribution is 7.18. The number of halogens is 1. The Bertz CT molecular complexity index is 1010. The summed E-state index contributed by atoms with van der Waals surface area (Å²) in [6.45, 7) is 2.13. The number of rotatable bonds is 3. The Morgan fingerprint density at radius 2 is 2.04 bits per heavy atom. The summed E-state index contributed by atoms with van der Waals surface area (Å²) < 4.78 is 0. The summed E-state index contributed by atoms with van der Waals surface area (Å²) in [5, 5.41) is 5.69. The lowest BCUT2D eigenvalue weighted by atomic mass is 10.2. The molecule has 0 bridgehead atoms. The number of pyridine rings is 1. The Morgan fingerprint density at radius 1 is 1.17 bits per heavy atom. The number of benzene rings is 1. The minimum atomic E-state index is 0.248. The first-order valence-electron chi connectivity index (χ1n) is 7.31. The summed E-state index contributed by atoms with van der Waals surface area (Å²) in [7, 11) is 0. The lowest BCUT2D eigenvalue weighted by Crippen LogP contribution is -1.97. The highest BCUT2D eigenvalue weighted by Crippen LogP contribution is 2.33. The van der Waals surface area contributed by atoms with E-state index in [0.717, 1.165) is 33.2 Å². The Morgan fingerprint density at radius 3 is 2.91 bits per heavy atom. The minimum absolute atomic E-state index is 0.248. The molecule has 0 spiro atoms. The molecule has 0 amide bonds. The van der Waals surface area contributed by atoms with Crippen LogP contribution in [0.1, 0.15) is 11.8 Å². The number of hydrogen-bond acceptors (Lipinski definition) is 5. The first kappa shape index (κ1) is 14.4. The third-order valence-electron chi connectivity index (χ3n) is 3.65. The number of thiophene rings is 1. The predicted molar refractivity (Wildman–Crippen MR) is 96.8 cm³/mol. The fraction of sp³-hybridized carbons (Fsp3) is 0.118. The van der Waals surface area contributed by atoms with Gasteiger partial charge in [-0.05, 0) is 36.2 Å². The molecule has 4 aromatic rings. The van der Waals surface area contributed by atoms with Crippen LogP contribution in [0, 0.1) is 0 Å². The van der Waals surface area contributed by atoms with Crippen molar-refractivity contribution in [1.82, 2.24) is 15.0 Å². The zero-order chi connectivity index (χ0) is 15.8. The fourth-order valence-corrected chi connectivity index (χ4v) is 3.73. The molecule has 1 N–H and O–H groups in total. The Balaban J connectivity index is 1.87. The molecule has 0 saturated heterocycles. The van der Waals surface area contributed by atoms with Crippen LogP contribution in [0.5, 0.6) is 0 Å². The molecule has 3 aromatic heterocycles. The van der Waals surface area contributed by atoms with Crippen LogP contribution in [0.15, 0.2) is 42.6 Å². The van der Waals surface area contributed by atoms with Crippen LogP contribution in [0.2, 0.25) is 5.28 Å². The molecule has 0 radical (unpaired) electrons. The van der Waals surface area contributed by atoms with E-state index < -0.39 is 0 Å². The molecular formula is C17H13ClN4S. The maximum absolute atomic E-state index is 6.09. The third kappa shape index (κ3) is 2.62. The van der Waals surface area contributed by atoms with Gasteiger partial charge in [-0.1, -0.05) is 25.1 Å². The van der Waals surface area contributed by atoms with Crippen molar-refractivity contribution in [2.24, 2.45) is 0 Å². The number of para-hydroxylation sites is 1. The lowest BCUT2D eigenvalue weighted by molar-refractivity contribution is 1.19. The molecule has 4 rings (SSSR count). The van der Waals surface area contributed by atoms with E-state index in [2.05, 4.69) is 33.3 Å². The van der Waals surface area contributed by atoms with Gasteiger partial charge in [-0.2, -0.15) is 4.98 Å². The van der Waals surface area contributed by atoms with Crippen LogP contribution >= 0.6 is 22.9 Å². The zero-order valence-electron chi connectivity index (χ0n) is 12.4. The monoisotopic (exact) mass is 340 g/mol. The van der Waals surface area contributed by atoms with Crippen molar-refractivity contribution >= 4 is 55.6 Å². The Hall–Kier alpha value is -2.24. The van der Waals surface area contributed by atoms with Gasteiger partial charge in [0.15, 0.2) is 0 Å². The van der Waals surface area contributed by atoms with E-state index in [4.69, 9.17) is 11.6 Å². The second-order valence-corrected chi connectivity index (χ2v) is 6.59. The molecule has 0 unspecified atom stereocenters. The fourth-order valence-electron chi connectivity index (χ4n) is 2.55. The van der Waals surface area contributed by atoms with Crippen molar-refractivity contribution in [3.05, 3.63) is 52.8 Å². The van der Waals surface area contributed by atoms with Gasteiger partial charge in [-0.25, -0.2) is 4.98 Å². The van der Waals surface area contributed by atoms with Gasteiger partial charge in [0.1, 0.15) is 10.6 Å². The van der Waals surface area contributed by atoms with E-state index in [9.17, 15) is 0 Å². The van der Waals surface area contributed by atoms with Gasteiger partial charge in [-0.3, -0.25) is 4.98 Å². The Kier molecular flexibility index (Phi) is 3.59. The minimum Gasteiger partial charge on any atom is -0.338 e. The second kappa shape index (κ2) is 5.76. The maximum atomic E-state index is 6.09. The van der Waals surface area contributed by atoms with Crippen LogP contribution < -0.4 is 5.32 Å². The van der Waals surface area contributed by atoms with E-state index in [1.807, 2.05) is 30.3 Å². The molecule has 4 nitrogen and oxygen atoms in total. The zero-order valence-corrected chi connectivity index (χ0v) is 13.9. The average Bonchev–Trinajstić information content (AvgIpc) is 2.98. The van der Waals surface area contributed by atoms with E-state index >= 15 is 0 Å². The van der Waals surface area contributed by atoms with Crippen LogP contribution in [0.25, 0.3) is 21.1 Å². The highest BCUT2D eigenvalue weighted by atomic mass is 35.5. The maximum Gasteiger partial charge on any atom is 0.225 e. The molecule has 0 aliphatic carbocycles. The van der Waals surface area contributed by atoms with Crippen LogP contribution in [-0.2, 0) is 6.42 Å². The third-order valence-corrected chi connectivity index (χ3v) is 4.99. The van der Waals surface area contributed by atoms with Gasteiger partial charge >= 0.3 is 0 Å². The van der Waals surface area contributed by atoms with Gasteiger partial charge in [0.05, 0.1) is 16.6 Å². The molecule has 114 valence electrons. The number of aromatic nitrogens is 3. The second-order valence-electron chi connectivity index (χ2n) is 5.13. The highest BCUT2D eigenvalue weighted by Gasteiger charge is 2.12. The summed E-state index contributed by atoms with van der Waals surface area (Å²) in [6.07, 6.45) is 2.75. The first-order chi connectivity index (χ1) is 11.2. The molecule has 0 aliphatic heterocycles. The van der Waals surface area contributed by atoms with Crippen molar-refractivity contribution < 1.29 is 0 Å². The number of nitrogens with one attached hydrogen (secondary N) is 1. The number of fused-ring (bicyclic) bond motifs is 2. The number of anilines is 2. The van der Waals surface area contributed by atoms with Crippen molar-refractivity contribution in [3.8, 4) is 0 Å². The Labute approximate surface area is 142 Å². The quantitative estimate of drug-likeness (QED) is 0.521. The van der Waals surface area contributed by atoms with Crippen LogP contribution in [-0.4, -0.2) is 15.0 Å². The van der Waals surface area contributed by atoms with Gasteiger partial charge < -0.3 is 5.32 Å². The molecule has 1 aromatic carbocycles. The average molecular weight is 341 g/mol. The smallest absolute Gasteiger partial charge is 0.225 e. The number of nitrogens with zero attached hydrogens (tertiary/aromatic N) is 3. The van der Waals surface area contributed by atoms with Gasteiger partial charge in [0, 0.05) is 16.5 Å². The number of aryl methyl sites for hydroxylation is 1. The van der Waals surface area contributed by atoms with Crippen LogP contribution in [0.4, 0.5) is 11.5 Å². The largest absolute Gasteiger partial charge is 0.338 e. The van der Waals surface area contributed by atoms with Crippen molar-refractivity contribution in [3.63, 3.8) is 0 Å². The van der Waals surface area contributed by atoms with Crippen molar-refractivity contribution in [2.75, 3.05) is 5.32 Å². The molecule has 3 heterocycles. The summed E-state index contributed by atoms with van der Waals surface area (Å²) in [5.74, 6) is 0.717. The van der Waals surface area contributed by atoms with E-state index in [1.165, 1.54) is 4.88 Å². The van der Waals surface area contributed by atoms with Gasteiger partial charge in [0.25, 0.3) is 0 Å². The standard InChI is InChI=1S/C17H13ClN4S/c1-2-11-9-12-15(21-17(18)22-16(12)23-11)20-13-7-3-5-10-6-4-8-19-14(10)13/h3-9H,2H2,1H3,(H,20,21,22). The van der Waals surface area contributed by atoms with Crippen molar-refractivity contribution in [1.29, 1.82) is 0 Å². The lowest BCUT2D eigenvalue weighted by Gasteiger charge is -2.09. The molecule has 0 saturated carbocycles.